The zero-order chi connectivity index (χ0) is 25.2. The summed E-state index contributed by atoms with van der Waals surface area (Å²) in [6.07, 6.45) is 1.12. The van der Waals surface area contributed by atoms with Crippen molar-refractivity contribution in [3.63, 3.8) is 0 Å². The molecular weight excluding hydrogens is 496 g/mol. The van der Waals surface area contributed by atoms with E-state index in [4.69, 9.17) is 8.92 Å². The minimum Gasteiger partial charge on any atom is -0.421 e. The first-order valence-corrected chi connectivity index (χ1v) is 13.5. The Kier molecular flexibility index (Phi) is 6.50. The lowest BCUT2D eigenvalue weighted by Gasteiger charge is -2.19. The van der Waals surface area contributed by atoms with E-state index >= 15 is 0 Å². The number of rotatable bonds is 7. The molecule has 12 heteroatoms. The number of hydrogen-bond donors (Lipinski definition) is 1. The van der Waals surface area contributed by atoms with Crippen LogP contribution in [-0.4, -0.2) is 41.5 Å². The molecule has 0 spiro atoms. The number of carbonyl (C=O) groups is 2. The molecule has 3 aromatic rings. The number of hydrogen-bond acceptors (Lipinski definition) is 8. The van der Waals surface area contributed by atoms with Crippen molar-refractivity contribution in [1.29, 1.82) is 0 Å². The van der Waals surface area contributed by atoms with Crippen LogP contribution in [0.25, 0.3) is 0 Å². The predicted molar refractivity (Wildman–Crippen MR) is 127 cm³/mol. The summed E-state index contributed by atoms with van der Waals surface area (Å²) in [7, 11) is -7.92. The van der Waals surface area contributed by atoms with Gasteiger partial charge in [-0.1, -0.05) is 42.5 Å². The molecule has 0 radical (unpaired) electrons. The normalized spacial score (nSPS) is 14.9. The second-order valence-electron chi connectivity index (χ2n) is 7.67. The van der Waals surface area contributed by atoms with Gasteiger partial charge in [-0.25, -0.2) is 13.8 Å². The molecule has 182 valence electrons. The zero-order valence-corrected chi connectivity index (χ0v) is 20.0. The Balaban J connectivity index is 1.73. The van der Waals surface area contributed by atoms with Gasteiger partial charge < -0.3 is 8.92 Å². The first-order chi connectivity index (χ1) is 16.5. The van der Waals surface area contributed by atoms with E-state index in [2.05, 4.69) is 0 Å². The molecule has 4 rings (SSSR count). The van der Waals surface area contributed by atoms with E-state index in [-0.39, 0.29) is 29.2 Å². The minimum atomic E-state index is -4.16. The van der Waals surface area contributed by atoms with Crippen molar-refractivity contribution >= 4 is 37.9 Å². The van der Waals surface area contributed by atoms with Gasteiger partial charge in [0.15, 0.2) is 5.75 Å². The highest BCUT2D eigenvalue weighted by Gasteiger charge is 2.36. The van der Waals surface area contributed by atoms with Crippen LogP contribution < -0.4 is 17.9 Å². The smallest absolute Gasteiger partial charge is 0.343 e. The maximum Gasteiger partial charge on any atom is 0.343 e. The number of amides is 1. The molecule has 0 saturated carbocycles. The molecule has 0 bridgehead atoms. The van der Waals surface area contributed by atoms with E-state index in [1.165, 1.54) is 18.2 Å². The molecule has 1 aliphatic heterocycles. The monoisotopic (exact) mass is 516 g/mol. The molecule has 0 aromatic heterocycles. The number of carbonyl (C=O) groups excluding carboxylic acids is 2. The van der Waals surface area contributed by atoms with Crippen molar-refractivity contribution in [1.82, 2.24) is 4.72 Å². The lowest BCUT2D eigenvalue weighted by atomic mass is 10.0. The average Bonchev–Trinajstić information content (AvgIpc) is 3.06. The van der Waals surface area contributed by atoms with E-state index in [9.17, 15) is 26.4 Å². The summed E-state index contributed by atoms with van der Waals surface area (Å²) in [6, 6.07) is 19.1. The Morgan fingerprint density at radius 3 is 2.34 bits per heavy atom. The molecule has 1 aliphatic rings. The van der Waals surface area contributed by atoms with Crippen molar-refractivity contribution in [2.75, 3.05) is 17.1 Å². The Morgan fingerprint density at radius 2 is 1.69 bits per heavy atom. The number of anilines is 1. The van der Waals surface area contributed by atoms with Gasteiger partial charge in [0.2, 0.25) is 0 Å². The van der Waals surface area contributed by atoms with Crippen LogP contribution in [0.2, 0.25) is 0 Å². The quantitative estimate of drug-likeness (QED) is 0.286. The van der Waals surface area contributed by atoms with Crippen LogP contribution in [0.4, 0.5) is 5.69 Å². The summed E-state index contributed by atoms with van der Waals surface area (Å²) in [5.41, 5.74) is 1.35. The van der Waals surface area contributed by atoms with Crippen LogP contribution in [0.3, 0.4) is 0 Å². The fourth-order valence-corrected chi connectivity index (χ4v) is 5.11. The van der Waals surface area contributed by atoms with E-state index in [1.54, 1.807) is 54.6 Å². The lowest BCUT2D eigenvalue weighted by Crippen LogP contribution is -2.30. The molecule has 0 atom stereocenters. The summed E-state index contributed by atoms with van der Waals surface area (Å²) in [5.74, 6) is -1.39. The molecule has 0 aliphatic carbocycles. The first kappa shape index (κ1) is 24.2. The molecular formula is C23H20N2O8S2. The summed E-state index contributed by atoms with van der Waals surface area (Å²) in [6.45, 7) is -0.470. The van der Waals surface area contributed by atoms with Crippen molar-refractivity contribution in [2.45, 2.75) is 6.42 Å². The number of nitrogens with one attached hydrogen (secondary N) is 1. The third-order valence-electron chi connectivity index (χ3n) is 4.93. The highest BCUT2D eigenvalue weighted by molar-refractivity contribution is 7.92. The standard InChI is InChI=1S/C23H20N2O8S2/c1-34(28,29)33-20-10-6-5-9-18(20)13-16-11-12-19(25-15-22(26)24-35(25,30)31)21(14-16)32-23(27)17-7-3-2-4-8-17/h2-12,14H,13,15H2,1H3,(H,24,26). The second kappa shape index (κ2) is 9.39. The molecule has 1 saturated heterocycles. The Labute approximate surface area is 202 Å². The number of esters is 1. The number of ether oxygens (including phenoxy) is 1. The summed E-state index contributed by atoms with van der Waals surface area (Å²) in [4.78, 5) is 24.5. The van der Waals surface area contributed by atoms with Crippen molar-refractivity contribution in [3.05, 3.63) is 89.5 Å². The first-order valence-electron chi connectivity index (χ1n) is 10.2. The third-order valence-corrected chi connectivity index (χ3v) is 6.81. The summed E-state index contributed by atoms with van der Waals surface area (Å²) >= 11 is 0. The molecule has 3 aromatic carbocycles. The summed E-state index contributed by atoms with van der Waals surface area (Å²) in [5, 5.41) is 0. The van der Waals surface area contributed by atoms with E-state index < -0.39 is 38.7 Å². The fraction of sp³-hybridized carbons (Fsp3) is 0.130. The molecule has 1 fully saturated rings. The summed E-state index contributed by atoms with van der Waals surface area (Å²) < 4.78 is 61.4. The van der Waals surface area contributed by atoms with E-state index in [1.807, 2.05) is 4.72 Å². The predicted octanol–water partition coefficient (Wildman–Crippen LogP) is 2.02. The van der Waals surface area contributed by atoms with Gasteiger partial charge in [-0.2, -0.15) is 16.8 Å². The minimum absolute atomic E-state index is 0.00273. The van der Waals surface area contributed by atoms with Crippen LogP contribution >= 0.6 is 0 Å². The highest BCUT2D eigenvalue weighted by Crippen LogP contribution is 2.34. The fourth-order valence-electron chi connectivity index (χ4n) is 3.46. The topological polar surface area (TPSA) is 136 Å². The second-order valence-corrected chi connectivity index (χ2v) is 10.8. The van der Waals surface area contributed by atoms with Crippen LogP contribution in [-0.2, 0) is 31.5 Å². The Morgan fingerprint density at radius 1 is 1.00 bits per heavy atom. The van der Waals surface area contributed by atoms with Gasteiger partial charge in [0.1, 0.15) is 12.3 Å². The van der Waals surface area contributed by atoms with Crippen molar-refractivity contribution in [2.24, 2.45) is 0 Å². The molecule has 1 amide bonds. The van der Waals surface area contributed by atoms with E-state index in [0.717, 1.165) is 10.6 Å². The maximum absolute atomic E-state index is 12.7. The number of benzene rings is 3. The van der Waals surface area contributed by atoms with Gasteiger partial charge in [-0.3, -0.25) is 4.79 Å². The van der Waals surface area contributed by atoms with Gasteiger partial charge in [0.05, 0.1) is 17.5 Å². The maximum atomic E-state index is 12.7. The molecule has 35 heavy (non-hydrogen) atoms. The van der Waals surface area contributed by atoms with Gasteiger partial charge >= 0.3 is 26.3 Å². The molecule has 10 nitrogen and oxygen atoms in total. The van der Waals surface area contributed by atoms with Crippen molar-refractivity contribution in [3.8, 4) is 11.5 Å². The van der Waals surface area contributed by atoms with E-state index in [0.29, 0.717) is 11.1 Å². The molecule has 1 heterocycles. The van der Waals surface area contributed by atoms with Gasteiger partial charge in [0.25, 0.3) is 5.91 Å². The van der Waals surface area contributed by atoms with Crippen LogP contribution in [0.5, 0.6) is 11.5 Å². The van der Waals surface area contributed by atoms with Crippen LogP contribution in [0.1, 0.15) is 21.5 Å². The lowest BCUT2D eigenvalue weighted by molar-refractivity contribution is -0.117. The van der Waals surface area contributed by atoms with Gasteiger partial charge in [-0.05, 0) is 35.9 Å². The van der Waals surface area contributed by atoms with Gasteiger partial charge in [0, 0.05) is 12.0 Å². The van der Waals surface area contributed by atoms with Gasteiger partial charge in [-0.15, -0.1) is 0 Å². The molecule has 1 N–H and O–H groups in total. The highest BCUT2D eigenvalue weighted by atomic mass is 32.2. The average molecular weight is 517 g/mol. The number of nitrogens with zero attached hydrogens (tertiary/aromatic N) is 1. The Hall–Kier alpha value is -3.90. The third kappa shape index (κ3) is 5.78. The SMILES string of the molecule is CS(=O)(=O)Oc1ccccc1Cc1ccc(N2CC(=O)NS2(=O)=O)c(OC(=O)c2ccccc2)c1. The Bertz CT molecular complexity index is 1500. The largest absolute Gasteiger partial charge is 0.421 e. The number of para-hydroxylation sites is 1. The van der Waals surface area contributed by atoms with Crippen LogP contribution in [0.15, 0.2) is 72.8 Å². The van der Waals surface area contributed by atoms with Crippen molar-refractivity contribution < 1.29 is 35.3 Å². The van der Waals surface area contributed by atoms with Crippen LogP contribution in [0, 0.1) is 0 Å². The zero-order valence-electron chi connectivity index (χ0n) is 18.4. The molecule has 0 unspecified atom stereocenters.